The minimum Gasteiger partial charge on any atom is -0.481 e. The van der Waals surface area contributed by atoms with Gasteiger partial charge in [0, 0.05) is 69.7 Å². The van der Waals surface area contributed by atoms with Gasteiger partial charge in [-0.25, -0.2) is 9.97 Å². The van der Waals surface area contributed by atoms with Crippen molar-refractivity contribution in [1.29, 1.82) is 0 Å². The number of nitrogens with zero attached hydrogens (tertiary/aromatic N) is 7. The number of carbonyl (C=O) groups is 1. The fourth-order valence-corrected chi connectivity index (χ4v) is 6.97. The van der Waals surface area contributed by atoms with E-state index in [4.69, 9.17) is 18.9 Å². The van der Waals surface area contributed by atoms with Crippen molar-refractivity contribution in [3.63, 3.8) is 0 Å². The van der Waals surface area contributed by atoms with Crippen molar-refractivity contribution in [3.8, 4) is 23.7 Å². The second-order valence-corrected chi connectivity index (χ2v) is 12.3. The summed E-state index contributed by atoms with van der Waals surface area (Å²) in [7, 11) is 2.84. The Balaban J connectivity index is 0.00000314. The Kier molecular flexibility index (Phi) is 14.5. The molecule has 286 valence electrons. The van der Waals surface area contributed by atoms with Crippen molar-refractivity contribution in [1.82, 2.24) is 34.6 Å². The van der Waals surface area contributed by atoms with Crippen molar-refractivity contribution >= 4 is 30.7 Å². The van der Waals surface area contributed by atoms with Crippen molar-refractivity contribution < 1.29 is 36.9 Å². The predicted molar refractivity (Wildman–Crippen MR) is 195 cm³/mol. The topological polar surface area (TPSA) is 115 Å². The summed E-state index contributed by atoms with van der Waals surface area (Å²) in [5, 5.41) is 0. The summed E-state index contributed by atoms with van der Waals surface area (Å²) < 4.78 is 61.8. The first-order chi connectivity index (χ1) is 24.7. The normalized spacial score (nSPS) is 17.6. The Hall–Kier alpha value is -4.44. The number of benzene rings is 2. The zero-order valence-corrected chi connectivity index (χ0v) is 31.1. The molecule has 6 rings (SSSR count). The van der Waals surface area contributed by atoms with Crippen LogP contribution in [-0.2, 0) is 6.54 Å². The van der Waals surface area contributed by atoms with E-state index in [0.29, 0.717) is 32.7 Å². The van der Waals surface area contributed by atoms with Gasteiger partial charge < -0.3 is 23.8 Å². The molecule has 0 bridgehead atoms. The van der Waals surface area contributed by atoms with E-state index in [1.807, 2.05) is 36.4 Å². The summed E-state index contributed by atoms with van der Waals surface area (Å²) >= 11 is 0. The molecule has 2 fully saturated rings. The highest BCUT2D eigenvalue weighted by Gasteiger charge is 2.44. The molecule has 2 aromatic carbocycles. The summed E-state index contributed by atoms with van der Waals surface area (Å²) in [5.74, 6) is -0.419. The lowest BCUT2D eigenvalue weighted by Gasteiger charge is -2.53. The average molecular weight is 781 g/mol. The molecular formula is C36H42Cl2F3N7O5. The van der Waals surface area contributed by atoms with Crippen molar-refractivity contribution in [2.24, 2.45) is 0 Å². The smallest absolute Gasteiger partial charge is 0.422 e. The number of rotatable bonds is 12. The molecule has 0 saturated carbocycles. The number of amides is 1. The van der Waals surface area contributed by atoms with Crippen molar-refractivity contribution in [2.45, 2.75) is 37.6 Å². The van der Waals surface area contributed by atoms with Crippen LogP contribution < -0.4 is 18.9 Å². The molecule has 1 amide bonds. The zero-order chi connectivity index (χ0) is 36.0. The highest BCUT2D eigenvalue weighted by atomic mass is 35.5. The SMILES string of the molecule is CCOc1nc(OC)c(CN2C[C@H]3CN(C(=O)c4nccnc4OC)CCN3[C@H](C(c3ccccc3)c3ccccc3)C2)c(OCC(F)(F)F)n1.Cl.Cl. The summed E-state index contributed by atoms with van der Waals surface area (Å²) in [6.07, 6.45) is -1.67. The van der Waals surface area contributed by atoms with Gasteiger partial charge in [0.2, 0.25) is 17.6 Å². The quantitative estimate of drug-likeness (QED) is 0.186. The fraction of sp³-hybridized carbons (Fsp3) is 0.417. The molecule has 17 heteroatoms. The van der Waals surface area contributed by atoms with Gasteiger partial charge in [0.1, 0.15) is 0 Å². The number of aromatic nitrogens is 4. The molecule has 2 aliphatic heterocycles. The highest BCUT2D eigenvalue weighted by Crippen LogP contribution is 2.38. The summed E-state index contributed by atoms with van der Waals surface area (Å²) in [6.45, 7) is 2.91. The molecule has 0 aliphatic carbocycles. The average Bonchev–Trinajstić information content (AvgIpc) is 3.14. The first-order valence-corrected chi connectivity index (χ1v) is 16.7. The lowest BCUT2D eigenvalue weighted by atomic mass is 9.81. The zero-order valence-electron chi connectivity index (χ0n) is 29.4. The number of alkyl halides is 3. The molecule has 0 unspecified atom stereocenters. The van der Waals surface area contributed by atoms with Crippen LogP contribution in [0.5, 0.6) is 23.7 Å². The predicted octanol–water partition coefficient (Wildman–Crippen LogP) is 5.31. The van der Waals surface area contributed by atoms with Crippen LogP contribution in [0.2, 0.25) is 0 Å². The van der Waals surface area contributed by atoms with E-state index in [2.05, 4.69) is 54.0 Å². The Morgan fingerprint density at radius 2 is 1.45 bits per heavy atom. The summed E-state index contributed by atoms with van der Waals surface area (Å²) in [4.78, 5) is 37.1. The number of fused-ring (bicyclic) bond motifs is 1. The molecule has 2 atom stereocenters. The molecule has 0 spiro atoms. The third-order valence-electron chi connectivity index (χ3n) is 9.05. The largest absolute Gasteiger partial charge is 0.481 e. The molecule has 2 saturated heterocycles. The van der Waals surface area contributed by atoms with Gasteiger partial charge in [-0.3, -0.25) is 14.6 Å². The number of hydrogen-bond acceptors (Lipinski definition) is 11. The van der Waals surface area contributed by atoms with Crippen LogP contribution >= 0.6 is 24.8 Å². The summed E-state index contributed by atoms with van der Waals surface area (Å²) in [6, 6.07) is 20.1. The van der Waals surface area contributed by atoms with Gasteiger partial charge in [-0.15, -0.1) is 24.8 Å². The molecule has 4 heterocycles. The summed E-state index contributed by atoms with van der Waals surface area (Å²) in [5.41, 5.74) is 2.63. The molecular weight excluding hydrogens is 738 g/mol. The van der Waals surface area contributed by atoms with E-state index in [-0.39, 0.29) is 96.8 Å². The Bertz CT molecular complexity index is 1740. The van der Waals surface area contributed by atoms with E-state index >= 15 is 0 Å². The van der Waals surface area contributed by atoms with Crippen LogP contribution in [-0.4, -0.2) is 119 Å². The van der Waals surface area contributed by atoms with Crippen LogP contribution in [0.4, 0.5) is 13.2 Å². The van der Waals surface area contributed by atoms with Gasteiger partial charge in [-0.1, -0.05) is 60.7 Å². The van der Waals surface area contributed by atoms with E-state index in [1.165, 1.54) is 26.6 Å². The maximum absolute atomic E-state index is 13.8. The van der Waals surface area contributed by atoms with Gasteiger partial charge in [-0.05, 0) is 18.1 Å². The molecule has 12 nitrogen and oxygen atoms in total. The van der Waals surface area contributed by atoms with Gasteiger partial charge in [-0.2, -0.15) is 23.1 Å². The Labute approximate surface area is 318 Å². The van der Waals surface area contributed by atoms with Crippen LogP contribution in [0.15, 0.2) is 73.1 Å². The molecule has 0 radical (unpaired) electrons. The van der Waals surface area contributed by atoms with E-state index in [0.717, 1.165) is 11.1 Å². The second-order valence-electron chi connectivity index (χ2n) is 12.3. The lowest BCUT2D eigenvalue weighted by molar-refractivity contribution is -0.154. The van der Waals surface area contributed by atoms with Crippen molar-refractivity contribution in [3.05, 3.63) is 95.4 Å². The van der Waals surface area contributed by atoms with Crippen LogP contribution in [0.3, 0.4) is 0 Å². The number of methoxy groups -OCH3 is 2. The Morgan fingerprint density at radius 3 is 2.06 bits per heavy atom. The maximum atomic E-state index is 13.8. The van der Waals surface area contributed by atoms with Crippen LogP contribution in [0, 0.1) is 0 Å². The highest BCUT2D eigenvalue weighted by molar-refractivity contribution is 5.94. The molecule has 4 aromatic rings. The molecule has 53 heavy (non-hydrogen) atoms. The standard InChI is InChI=1S/C36H40F3N7O5.2ClH/c1-4-50-35-42-31(48-2)27(32(43-35)51-23-36(37,38)39)21-44-19-26-20-45(34(47)30-33(49-3)41-16-15-40-30)17-18-46(26)28(22-44)29(24-11-7-5-8-12-24)25-13-9-6-10-14-25;;/h5-16,26,28-29H,4,17-23H2,1-3H3;2*1H/t26-,28-;;/m0../s1. The Morgan fingerprint density at radius 1 is 0.830 bits per heavy atom. The van der Waals surface area contributed by atoms with Crippen LogP contribution in [0.25, 0.3) is 0 Å². The second kappa shape index (κ2) is 18.5. The van der Waals surface area contributed by atoms with Crippen LogP contribution in [0.1, 0.15) is 40.0 Å². The number of halogens is 5. The molecule has 2 aliphatic rings. The minimum absolute atomic E-state index is 0. The number of piperazine rings is 2. The molecule has 0 N–H and O–H groups in total. The van der Waals surface area contributed by atoms with Gasteiger partial charge in [0.15, 0.2) is 12.3 Å². The minimum atomic E-state index is -4.60. The fourth-order valence-electron chi connectivity index (χ4n) is 6.97. The van der Waals surface area contributed by atoms with E-state index in [9.17, 15) is 18.0 Å². The third-order valence-corrected chi connectivity index (χ3v) is 9.05. The van der Waals surface area contributed by atoms with Crippen molar-refractivity contribution in [2.75, 3.05) is 60.2 Å². The third kappa shape index (κ3) is 9.76. The number of carbonyl (C=O) groups excluding carboxylic acids is 1. The number of ether oxygens (including phenoxy) is 4. The van der Waals surface area contributed by atoms with Gasteiger partial charge in [0.05, 0.1) is 26.4 Å². The monoisotopic (exact) mass is 779 g/mol. The van der Waals surface area contributed by atoms with E-state index < -0.39 is 12.8 Å². The lowest BCUT2D eigenvalue weighted by Crippen LogP contribution is -2.67. The maximum Gasteiger partial charge on any atom is 0.422 e. The number of hydrogen-bond donors (Lipinski definition) is 0. The molecule has 2 aromatic heterocycles. The first kappa shape index (κ1) is 41.3. The first-order valence-electron chi connectivity index (χ1n) is 16.7. The van der Waals surface area contributed by atoms with Gasteiger partial charge in [0.25, 0.3) is 5.91 Å². The van der Waals surface area contributed by atoms with E-state index in [1.54, 1.807) is 11.8 Å². The van der Waals surface area contributed by atoms with Gasteiger partial charge >= 0.3 is 12.2 Å².